The Kier molecular flexibility index (Phi) is 5.22. The fourth-order valence-corrected chi connectivity index (χ4v) is 1.81. The van der Waals surface area contributed by atoms with Crippen LogP contribution in [0.1, 0.15) is 26.7 Å². The van der Waals surface area contributed by atoms with Crippen LogP contribution in [0.2, 0.25) is 0 Å². The van der Waals surface area contributed by atoms with E-state index in [1.807, 2.05) is 13.8 Å². The van der Waals surface area contributed by atoms with Gasteiger partial charge in [0.15, 0.2) is 5.78 Å². The summed E-state index contributed by atoms with van der Waals surface area (Å²) in [6.45, 7) is 6.24. The van der Waals surface area contributed by atoms with Crippen LogP contribution in [0, 0.1) is 0 Å². The van der Waals surface area contributed by atoms with E-state index in [0.29, 0.717) is 39.3 Å². The summed E-state index contributed by atoms with van der Waals surface area (Å²) in [4.78, 5) is 12.0. The van der Waals surface area contributed by atoms with Crippen molar-refractivity contribution in [3.63, 3.8) is 0 Å². The number of Topliss-reactive ketones (excluding diaryl/α,β-unsaturated/α-hetero) is 1. The molecule has 0 bridgehead atoms. The zero-order valence-corrected chi connectivity index (χ0v) is 9.58. The maximum absolute atomic E-state index is 12.0. The minimum Gasteiger partial charge on any atom is -0.381 e. The van der Waals surface area contributed by atoms with E-state index in [0.717, 1.165) is 0 Å². The molecule has 88 valence electrons. The lowest BCUT2D eigenvalue weighted by Crippen LogP contribution is -2.48. The van der Waals surface area contributed by atoms with E-state index in [-0.39, 0.29) is 12.4 Å². The van der Waals surface area contributed by atoms with Crippen molar-refractivity contribution in [2.75, 3.05) is 33.0 Å². The van der Waals surface area contributed by atoms with Crippen LogP contribution in [-0.4, -0.2) is 44.4 Å². The second-order valence-corrected chi connectivity index (χ2v) is 3.60. The third-order valence-corrected chi connectivity index (χ3v) is 2.67. The predicted octanol–water partition coefficient (Wildman–Crippen LogP) is 1.18. The van der Waals surface area contributed by atoms with E-state index < -0.39 is 5.60 Å². The molecule has 1 aliphatic heterocycles. The minimum absolute atomic E-state index is 0.0505. The summed E-state index contributed by atoms with van der Waals surface area (Å²) in [7, 11) is 0. The zero-order chi connectivity index (χ0) is 11.1. The number of carbonyl (C=O) groups excluding carboxylic acids is 1. The largest absolute Gasteiger partial charge is 0.381 e. The molecule has 0 spiro atoms. The van der Waals surface area contributed by atoms with Gasteiger partial charge in [-0.3, -0.25) is 4.79 Å². The van der Waals surface area contributed by atoms with Crippen LogP contribution in [0.5, 0.6) is 0 Å². The quantitative estimate of drug-likeness (QED) is 0.668. The summed E-state index contributed by atoms with van der Waals surface area (Å²) in [6, 6.07) is 0. The zero-order valence-electron chi connectivity index (χ0n) is 9.58. The van der Waals surface area contributed by atoms with Gasteiger partial charge in [0.25, 0.3) is 0 Å². The van der Waals surface area contributed by atoms with Crippen LogP contribution in [0.4, 0.5) is 0 Å². The predicted molar refractivity (Wildman–Crippen MR) is 55.9 cm³/mol. The number of hydrogen-bond donors (Lipinski definition) is 0. The van der Waals surface area contributed by atoms with Crippen LogP contribution < -0.4 is 0 Å². The van der Waals surface area contributed by atoms with Crippen LogP contribution >= 0.6 is 0 Å². The van der Waals surface area contributed by atoms with Gasteiger partial charge in [-0.25, -0.2) is 0 Å². The lowest BCUT2D eigenvalue weighted by atomic mass is 9.89. The van der Waals surface area contributed by atoms with Gasteiger partial charge < -0.3 is 14.2 Å². The molecule has 0 aliphatic carbocycles. The van der Waals surface area contributed by atoms with Crippen molar-refractivity contribution in [2.24, 2.45) is 0 Å². The normalized spacial score (nSPS) is 20.1. The molecule has 1 aliphatic rings. The van der Waals surface area contributed by atoms with Gasteiger partial charge in [0.1, 0.15) is 12.2 Å². The van der Waals surface area contributed by atoms with E-state index in [2.05, 4.69) is 0 Å². The van der Waals surface area contributed by atoms with Gasteiger partial charge in [-0.2, -0.15) is 0 Å². The van der Waals surface area contributed by atoms with Gasteiger partial charge >= 0.3 is 0 Å². The molecule has 0 radical (unpaired) electrons. The Hall–Kier alpha value is -0.450. The van der Waals surface area contributed by atoms with Crippen molar-refractivity contribution in [3.05, 3.63) is 0 Å². The van der Waals surface area contributed by atoms with Gasteiger partial charge in [-0.05, 0) is 13.8 Å². The van der Waals surface area contributed by atoms with Crippen molar-refractivity contribution in [3.8, 4) is 0 Å². The first kappa shape index (κ1) is 12.6. The Morgan fingerprint density at radius 2 is 1.93 bits per heavy atom. The lowest BCUT2D eigenvalue weighted by Gasteiger charge is -2.35. The highest BCUT2D eigenvalue weighted by atomic mass is 16.5. The Bertz CT molecular complexity index is 191. The molecule has 4 heteroatoms. The molecule has 1 heterocycles. The first-order valence-electron chi connectivity index (χ1n) is 5.58. The van der Waals surface area contributed by atoms with Crippen molar-refractivity contribution >= 4 is 5.78 Å². The van der Waals surface area contributed by atoms with Crippen molar-refractivity contribution < 1.29 is 19.0 Å². The standard InChI is InChI=1S/C11H20O4/c1-3-13-9-10(12)11(15-4-2)5-7-14-8-6-11/h3-9H2,1-2H3. The summed E-state index contributed by atoms with van der Waals surface area (Å²) in [5, 5.41) is 0. The average molecular weight is 216 g/mol. The summed E-state index contributed by atoms with van der Waals surface area (Å²) in [6.07, 6.45) is 1.29. The maximum Gasteiger partial charge on any atom is 0.190 e. The number of rotatable bonds is 6. The van der Waals surface area contributed by atoms with Gasteiger partial charge in [0, 0.05) is 39.3 Å². The van der Waals surface area contributed by atoms with Crippen LogP contribution in [0.3, 0.4) is 0 Å². The molecule has 0 amide bonds. The number of ketones is 1. The second-order valence-electron chi connectivity index (χ2n) is 3.60. The summed E-state index contributed by atoms with van der Waals surface area (Å²) in [5.41, 5.74) is -0.651. The first-order valence-corrected chi connectivity index (χ1v) is 5.58. The smallest absolute Gasteiger partial charge is 0.190 e. The van der Waals surface area contributed by atoms with Crippen LogP contribution in [0.15, 0.2) is 0 Å². The molecule has 0 atom stereocenters. The molecule has 4 nitrogen and oxygen atoms in total. The molecule has 0 saturated carbocycles. The van der Waals surface area contributed by atoms with Gasteiger partial charge in [0.05, 0.1) is 0 Å². The molecular weight excluding hydrogens is 196 g/mol. The number of ether oxygens (including phenoxy) is 3. The van der Waals surface area contributed by atoms with Crippen LogP contribution in [0.25, 0.3) is 0 Å². The molecule has 0 aromatic carbocycles. The molecule has 1 fully saturated rings. The van der Waals surface area contributed by atoms with E-state index in [4.69, 9.17) is 14.2 Å². The third-order valence-electron chi connectivity index (χ3n) is 2.67. The molecule has 15 heavy (non-hydrogen) atoms. The molecule has 1 rings (SSSR count). The Balaban J connectivity index is 2.57. The highest BCUT2D eigenvalue weighted by molar-refractivity contribution is 5.88. The van der Waals surface area contributed by atoms with Gasteiger partial charge in [-0.15, -0.1) is 0 Å². The fraction of sp³-hybridized carbons (Fsp3) is 0.909. The topological polar surface area (TPSA) is 44.8 Å². The van der Waals surface area contributed by atoms with E-state index in [1.54, 1.807) is 0 Å². The summed E-state index contributed by atoms with van der Waals surface area (Å²) < 4.78 is 16.0. The molecule has 0 N–H and O–H groups in total. The highest BCUT2D eigenvalue weighted by Gasteiger charge is 2.40. The van der Waals surface area contributed by atoms with E-state index >= 15 is 0 Å². The molecular formula is C11H20O4. The minimum atomic E-state index is -0.651. The first-order chi connectivity index (χ1) is 7.25. The maximum atomic E-state index is 12.0. The van der Waals surface area contributed by atoms with E-state index in [9.17, 15) is 4.79 Å². The number of hydrogen-bond acceptors (Lipinski definition) is 4. The van der Waals surface area contributed by atoms with Gasteiger partial charge in [-0.1, -0.05) is 0 Å². The van der Waals surface area contributed by atoms with Crippen molar-refractivity contribution in [1.29, 1.82) is 0 Å². The Labute approximate surface area is 90.9 Å². The average Bonchev–Trinajstić information content (AvgIpc) is 2.27. The Morgan fingerprint density at radius 1 is 1.27 bits per heavy atom. The third kappa shape index (κ3) is 3.26. The van der Waals surface area contributed by atoms with E-state index in [1.165, 1.54) is 0 Å². The molecule has 0 aromatic heterocycles. The summed E-state index contributed by atoms with van der Waals surface area (Å²) >= 11 is 0. The molecule has 0 unspecified atom stereocenters. The van der Waals surface area contributed by atoms with Gasteiger partial charge in [0.2, 0.25) is 0 Å². The van der Waals surface area contributed by atoms with Crippen molar-refractivity contribution in [2.45, 2.75) is 32.3 Å². The Morgan fingerprint density at radius 3 is 2.47 bits per heavy atom. The number of carbonyl (C=O) groups is 1. The lowest BCUT2D eigenvalue weighted by molar-refractivity contribution is -0.161. The molecule has 0 aromatic rings. The summed E-state index contributed by atoms with van der Waals surface area (Å²) in [5.74, 6) is 0.0505. The molecule has 1 saturated heterocycles. The SMILES string of the molecule is CCOCC(=O)C1(OCC)CCOCC1. The fourth-order valence-electron chi connectivity index (χ4n) is 1.81. The van der Waals surface area contributed by atoms with Crippen molar-refractivity contribution in [1.82, 2.24) is 0 Å². The second kappa shape index (κ2) is 6.20. The van der Waals surface area contributed by atoms with Crippen LogP contribution in [-0.2, 0) is 19.0 Å². The highest BCUT2D eigenvalue weighted by Crippen LogP contribution is 2.26. The monoisotopic (exact) mass is 216 g/mol.